The number of thiazole rings is 1. The number of rotatable bonds is 3. The Labute approximate surface area is 180 Å². The minimum atomic E-state index is -0.0227. The van der Waals surface area contributed by atoms with Crippen LogP contribution < -0.4 is 0 Å². The minimum Gasteiger partial charge on any atom is -0.334 e. The molecule has 2 heterocycles. The molecule has 2 aromatic carbocycles. The van der Waals surface area contributed by atoms with Crippen LogP contribution in [0, 0.1) is 0 Å². The van der Waals surface area contributed by atoms with Crippen molar-refractivity contribution in [2.75, 3.05) is 40.3 Å². The van der Waals surface area contributed by atoms with E-state index in [9.17, 15) is 9.59 Å². The molecule has 0 atom stereocenters. The number of hydrogen-bond acceptors (Lipinski definition) is 4. The molecule has 154 valence electrons. The highest BCUT2D eigenvalue weighted by atomic mass is 32.1. The molecule has 30 heavy (non-hydrogen) atoms. The Bertz CT molecular complexity index is 1030. The molecule has 0 N–H and O–H groups in total. The lowest BCUT2D eigenvalue weighted by Crippen LogP contribution is -2.52. The fourth-order valence-electron chi connectivity index (χ4n) is 3.49. The lowest BCUT2D eigenvalue weighted by molar-refractivity contribution is 0.0655. The lowest BCUT2D eigenvalue weighted by Gasteiger charge is -2.35. The van der Waals surface area contributed by atoms with Crippen molar-refractivity contribution in [3.8, 4) is 21.8 Å². The van der Waals surface area contributed by atoms with E-state index >= 15 is 0 Å². The monoisotopic (exact) mass is 420 g/mol. The topological polar surface area (TPSA) is 56.8 Å². The Morgan fingerprint density at radius 3 is 1.93 bits per heavy atom. The number of benzene rings is 2. The van der Waals surface area contributed by atoms with Gasteiger partial charge in [0.25, 0.3) is 5.91 Å². The summed E-state index contributed by atoms with van der Waals surface area (Å²) in [7, 11) is 3.49. The molecule has 1 aliphatic heterocycles. The van der Waals surface area contributed by atoms with Crippen molar-refractivity contribution >= 4 is 23.3 Å². The first-order chi connectivity index (χ1) is 14.5. The van der Waals surface area contributed by atoms with Crippen LogP contribution in [0.1, 0.15) is 9.67 Å². The molecule has 6 nitrogen and oxygen atoms in total. The maximum absolute atomic E-state index is 13.4. The largest absolute Gasteiger partial charge is 0.334 e. The van der Waals surface area contributed by atoms with Gasteiger partial charge >= 0.3 is 6.03 Å². The predicted octanol–water partition coefficient (Wildman–Crippen LogP) is 3.92. The van der Waals surface area contributed by atoms with Crippen LogP contribution in [0.3, 0.4) is 0 Å². The van der Waals surface area contributed by atoms with E-state index in [0.29, 0.717) is 31.1 Å². The molecule has 7 heteroatoms. The second-order valence-corrected chi connectivity index (χ2v) is 8.38. The van der Waals surface area contributed by atoms with Gasteiger partial charge in [-0.3, -0.25) is 4.79 Å². The van der Waals surface area contributed by atoms with Gasteiger partial charge in [0.1, 0.15) is 9.88 Å². The van der Waals surface area contributed by atoms with E-state index in [-0.39, 0.29) is 11.9 Å². The Kier molecular flexibility index (Phi) is 5.81. The number of hydrogen-bond donors (Lipinski definition) is 0. The van der Waals surface area contributed by atoms with Gasteiger partial charge in [0.15, 0.2) is 0 Å². The first-order valence-corrected chi connectivity index (χ1v) is 10.7. The number of amides is 3. The van der Waals surface area contributed by atoms with Gasteiger partial charge in [0, 0.05) is 51.4 Å². The summed E-state index contributed by atoms with van der Waals surface area (Å²) >= 11 is 1.43. The van der Waals surface area contributed by atoms with Crippen LogP contribution in [0.4, 0.5) is 4.79 Å². The molecule has 1 fully saturated rings. The van der Waals surface area contributed by atoms with Gasteiger partial charge in [-0.25, -0.2) is 9.78 Å². The van der Waals surface area contributed by atoms with E-state index < -0.39 is 0 Å². The number of urea groups is 1. The fourth-order valence-corrected chi connectivity index (χ4v) is 4.55. The van der Waals surface area contributed by atoms with Crippen LogP contribution in [0.15, 0.2) is 60.7 Å². The molecular formula is C23H24N4O2S. The number of piperazine rings is 1. The standard InChI is InChI=1S/C23H24N4O2S/c1-25(2)23(29)27-15-13-26(14-16-27)22(28)20-19(17-9-5-3-6-10-17)24-21(30-20)18-11-7-4-8-12-18/h3-12H,13-16H2,1-2H3. The summed E-state index contributed by atoms with van der Waals surface area (Å²) in [5.41, 5.74) is 2.65. The van der Waals surface area contributed by atoms with Gasteiger partial charge in [-0.05, 0) is 0 Å². The van der Waals surface area contributed by atoms with Crippen LogP contribution in [-0.2, 0) is 0 Å². The number of carbonyl (C=O) groups is 2. The van der Waals surface area contributed by atoms with Crippen molar-refractivity contribution in [2.45, 2.75) is 0 Å². The van der Waals surface area contributed by atoms with Gasteiger partial charge in [-0.2, -0.15) is 0 Å². The van der Waals surface area contributed by atoms with Crippen LogP contribution in [-0.4, -0.2) is 71.9 Å². The fraction of sp³-hybridized carbons (Fsp3) is 0.261. The van der Waals surface area contributed by atoms with Crippen molar-refractivity contribution in [1.29, 1.82) is 0 Å². The summed E-state index contributed by atoms with van der Waals surface area (Å²) in [5.74, 6) is -0.0227. The number of aromatic nitrogens is 1. The molecule has 1 saturated heterocycles. The second kappa shape index (κ2) is 8.67. The third kappa shape index (κ3) is 4.07. The van der Waals surface area contributed by atoms with Crippen molar-refractivity contribution < 1.29 is 9.59 Å². The molecule has 0 aliphatic carbocycles. The van der Waals surface area contributed by atoms with E-state index in [0.717, 1.165) is 21.8 Å². The van der Waals surface area contributed by atoms with Crippen molar-refractivity contribution in [3.05, 3.63) is 65.5 Å². The molecule has 0 saturated carbocycles. The van der Waals surface area contributed by atoms with Crippen LogP contribution >= 0.6 is 11.3 Å². The zero-order valence-electron chi connectivity index (χ0n) is 17.1. The van der Waals surface area contributed by atoms with E-state index in [4.69, 9.17) is 4.98 Å². The van der Waals surface area contributed by atoms with Gasteiger partial charge in [0.2, 0.25) is 0 Å². The summed E-state index contributed by atoms with van der Waals surface area (Å²) in [5, 5.41) is 0.833. The Morgan fingerprint density at radius 1 is 0.833 bits per heavy atom. The maximum Gasteiger partial charge on any atom is 0.319 e. The van der Waals surface area contributed by atoms with E-state index in [2.05, 4.69) is 0 Å². The summed E-state index contributed by atoms with van der Waals surface area (Å²) in [6.07, 6.45) is 0. The summed E-state index contributed by atoms with van der Waals surface area (Å²) in [6, 6.07) is 19.7. The predicted molar refractivity (Wildman–Crippen MR) is 120 cm³/mol. The average Bonchev–Trinajstić information content (AvgIpc) is 3.25. The average molecular weight is 421 g/mol. The highest BCUT2D eigenvalue weighted by Gasteiger charge is 2.29. The lowest BCUT2D eigenvalue weighted by atomic mass is 10.1. The van der Waals surface area contributed by atoms with E-state index in [1.54, 1.807) is 23.9 Å². The minimum absolute atomic E-state index is 0.0174. The molecule has 0 spiro atoms. The summed E-state index contributed by atoms with van der Waals surface area (Å²) in [4.78, 5) is 36.3. The number of nitrogens with zero attached hydrogens (tertiary/aromatic N) is 4. The molecule has 1 aliphatic rings. The van der Waals surface area contributed by atoms with Gasteiger partial charge in [-0.1, -0.05) is 60.7 Å². The molecule has 1 aromatic heterocycles. The highest BCUT2D eigenvalue weighted by molar-refractivity contribution is 7.17. The molecule has 3 aromatic rings. The van der Waals surface area contributed by atoms with Crippen LogP contribution in [0.25, 0.3) is 21.8 Å². The van der Waals surface area contributed by atoms with Crippen molar-refractivity contribution in [3.63, 3.8) is 0 Å². The third-order valence-electron chi connectivity index (χ3n) is 5.11. The first-order valence-electron chi connectivity index (χ1n) is 9.92. The second-order valence-electron chi connectivity index (χ2n) is 7.39. The van der Waals surface area contributed by atoms with Crippen molar-refractivity contribution in [2.24, 2.45) is 0 Å². The summed E-state index contributed by atoms with van der Waals surface area (Å²) in [6.45, 7) is 2.11. The van der Waals surface area contributed by atoms with Crippen molar-refractivity contribution in [1.82, 2.24) is 19.7 Å². The SMILES string of the molecule is CN(C)C(=O)N1CCN(C(=O)c2sc(-c3ccccc3)nc2-c2ccccc2)CC1. The van der Waals surface area contributed by atoms with Gasteiger partial charge in [-0.15, -0.1) is 11.3 Å². The number of carbonyl (C=O) groups excluding carboxylic acids is 2. The van der Waals surface area contributed by atoms with E-state index in [1.165, 1.54) is 11.3 Å². The Hall–Kier alpha value is -3.19. The molecule has 4 rings (SSSR count). The Balaban J connectivity index is 1.62. The maximum atomic E-state index is 13.4. The smallest absolute Gasteiger partial charge is 0.319 e. The molecule has 0 bridgehead atoms. The zero-order valence-corrected chi connectivity index (χ0v) is 17.9. The van der Waals surface area contributed by atoms with Gasteiger partial charge < -0.3 is 14.7 Å². The first kappa shape index (κ1) is 20.1. The Morgan fingerprint density at radius 2 is 1.37 bits per heavy atom. The molecule has 0 radical (unpaired) electrons. The highest BCUT2D eigenvalue weighted by Crippen LogP contribution is 2.34. The van der Waals surface area contributed by atoms with Crippen LogP contribution in [0.5, 0.6) is 0 Å². The van der Waals surface area contributed by atoms with E-state index in [1.807, 2.05) is 65.6 Å². The van der Waals surface area contributed by atoms with Gasteiger partial charge in [0.05, 0.1) is 5.69 Å². The quantitative estimate of drug-likeness (QED) is 0.645. The van der Waals surface area contributed by atoms with Crippen LogP contribution in [0.2, 0.25) is 0 Å². The molecule has 3 amide bonds. The summed E-state index contributed by atoms with van der Waals surface area (Å²) < 4.78 is 0. The third-order valence-corrected chi connectivity index (χ3v) is 6.20. The normalized spacial score (nSPS) is 13.9. The zero-order chi connectivity index (χ0) is 21.1. The molecule has 0 unspecified atom stereocenters. The molecular weight excluding hydrogens is 396 g/mol.